The van der Waals surface area contributed by atoms with Crippen molar-refractivity contribution in [2.75, 3.05) is 26.7 Å². The topological polar surface area (TPSA) is 58.6 Å². The molecule has 2 aliphatic rings. The van der Waals surface area contributed by atoms with E-state index in [4.69, 9.17) is 4.74 Å². The van der Waals surface area contributed by atoms with Gasteiger partial charge in [0.05, 0.1) is 12.9 Å². The van der Waals surface area contributed by atoms with Gasteiger partial charge in [-0.3, -0.25) is 0 Å². The summed E-state index contributed by atoms with van der Waals surface area (Å²) in [6.07, 6.45) is 3.58. The molecule has 1 saturated heterocycles. The third-order valence-corrected chi connectivity index (χ3v) is 5.73. The molecule has 1 N–H and O–H groups in total. The quantitative estimate of drug-likeness (QED) is 0.828. The molecule has 1 aliphatic carbocycles. The highest BCUT2D eigenvalue weighted by Crippen LogP contribution is 2.30. The van der Waals surface area contributed by atoms with Crippen molar-refractivity contribution in [1.82, 2.24) is 9.62 Å². The Morgan fingerprint density at radius 1 is 1.32 bits per heavy atom. The number of nitrogens with zero attached hydrogens (tertiary/aromatic N) is 1. The van der Waals surface area contributed by atoms with Crippen LogP contribution in [-0.4, -0.2) is 46.1 Å². The molecule has 1 saturated carbocycles. The van der Waals surface area contributed by atoms with E-state index >= 15 is 0 Å². The van der Waals surface area contributed by atoms with E-state index in [1.54, 1.807) is 13.2 Å². The molecule has 6 heteroatoms. The van der Waals surface area contributed by atoms with Gasteiger partial charge in [-0.15, -0.1) is 0 Å². The molecule has 0 spiro atoms. The predicted octanol–water partition coefficient (Wildman–Crippen LogP) is 1.60. The maximum atomic E-state index is 12.3. The third kappa shape index (κ3) is 4.44. The van der Waals surface area contributed by atoms with Gasteiger partial charge in [0.25, 0.3) is 0 Å². The number of benzene rings is 1. The number of sulfonamides is 1. The lowest BCUT2D eigenvalue weighted by atomic mass is 10.2. The molecule has 0 aromatic heterocycles. The van der Waals surface area contributed by atoms with E-state index in [-0.39, 0.29) is 11.8 Å². The zero-order valence-corrected chi connectivity index (χ0v) is 13.8. The molecular formula is C16H24N2O3S. The van der Waals surface area contributed by atoms with E-state index in [0.717, 1.165) is 37.5 Å². The number of nitrogens with one attached hydrogen (secondary N) is 1. The summed E-state index contributed by atoms with van der Waals surface area (Å²) in [4.78, 5) is 2.39. The maximum Gasteiger partial charge on any atom is 0.216 e. The molecule has 0 unspecified atom stereocenters. The fourth-order valence-electron chi connectivity index (χ4n) is 3.04. The van der Waals surface area contributed by atoms with Crippen LogP contribution in [0, 0.1) is 5.92 Å². The average Bonchev–Trinajstić information content (AvgIpc) is 3.18. The highest BCUT2D eigenvalue weighted by molar-refractivity contribution is 7.88. The van der Waals surface area contributed by atoms with Crippen LogP contribution in [0.1, 0.15) is 24.8 Å². The second-order valence-corrected chi connectivity index (χ2v) is 8.17. The highest BCUT2D eigenvalue weighted by atomic mass is 32.2. The van der Waals surface area contributed by atoms with Gasteiger partial charge >= 0.3 is 0 Å². The Bertz CT molecular complexity index is 614. The van der Waals surface area contributed by atoms with Crippen LogP contribution in [0.3, 0.4) is 0 Å². The van der Waals surface area contributed by atoms with E-state index < -0.39 is 10.0 Å². The second-order valence-electron chi connectivity index (χ2n) is 6.42. The predicted molar refractivity (Wildman–Crippen MR) is 86.3 cm³/mol. The van der Waals surface area contributed by atoms with Crippen molar-refractivity contribution in [3.05, 3.63) is 29.8 Å². The van der Waals surface area contributed by atoms with Gasteiger partial charge in [-0.05, 0) is 49.4 Å². The Labute approximate surface area is 132 Å². The van der Waals surface area contributed by atoms with Gasteiger partial charge in [0.2, 0.25) is 10.0 Å². The number of likely N-dealkylation sites (tertiary alicyclic amines) is 1. The molecular weight excluding hydrogens is 300 g/mol. The minimum absolute atomic E-state index is 0.00330. The first kappa shape index (κ1) is 15.8. The van der Waals surface area contributed by atoms with Gasteiger partial charge in [0.1, 0.15) is 5.75 Å². The molecule has 0 radical (unpaired) electrons. The third-order valence-electron chi connectivity index (χ3n) is 4.32. The van der Waals surface area contributed by atoms with Crippen LogP contribution < -0.4 is 9.46 Å². The summed E-state index contributed by atoms with van der Waals surface area (Å²) in [6.45, 7) is 2.98. The largest absolute Gasteiger partial charge is 0.497 e. The summed E-state index contributed by atoms with van der Waals surface area (Å²) in [5.41, 5.74) is 0.750. The standard InChI is InChI=1S/C16H24N2O3S/c1-21-16-4-2-3-14(9-16)12-22(19,20)17-15-7-8-18(11-15)10-13-5-6-13/h2-4,9,13,15,17H,5-8,10-12H2,1H3/t15-/m0/s1. The smallest absolute Gasteiger partial charge is 0.216 e. The number of hydrogen-bond donors (Lipinski definition) is 1. The number of methoxy groups -OCH3 is 1. The van der Waals surface area contributed by atoms with E-state index in [1.165, 1.54) is 12.8 Å². The first-order valence-corrected chi connectivity index (χ1v) is 9.54. The Hall–Kier alpha value is -1.11. The number of hydrogen-bond acceptors (Lipinski definition) is 4. The SMILES string of the molecule is COc1cccc(CS(=O)(=O)N[C@H]2CCN(CC3CC3)C2)c1. The van der Waals surface area contributed by atoms with Crippen LogP contribution in [0.15, 0.2) is 24.3 Å². The van der Waals surface area contributed by atoms with Crippen LogP contribution in [0.2, 0.25) is 0 Å². The van der Waals surface area contributed by atoms with Crippen LogP contribution in [-0.2, 0) is 15.8 Å². The van der Waals surface area contributed by atoms with E-state index in [2.05, 4.69) is 9.62 Å². The first-order chi connectivity index (χ1) is 10.5. The summed E-state index contributed by atoms with van der Waals surface area (Å²) in [5, 5.41) is 0. The molecule has 2 fully saturated rings. The van der Waals surface area contributed by atoms with Crippen molar-refractivity contribution in [1.29, 1.82) is 0 Å². The van der Waals surface area contributed by atoms with Crippen molar-refractivity contribution in [3.8, 4) is 5.75 Å². The molecule has 1 aromatic carbocycles. The minimum atomic E-state index is -3.31. The van der Waals surface area contributed by atoms with Crippen molar-refractivity contribution in [2.45, 2.75) is 31.1 Å². The molecule has 1 aromatic rings. The van der Waals surface area contributed by atoms with Crippen molar-refractivity contribution >= 4 is 10.0 Å². The zero-order valence-electron chi connectivity index (χ0n) is 13.0. The Kier molecular flexibility index (Phi) is 4.70. The van der Waals surface area contributed by atoms with E-state index in [0.29, 0.717) is 5.75 Å². The summed E-state index contributed by atoms with van der Waals surface area (Å²) < 4.78 is 32.6. The molecule has 5 nitrogen and oxygen atoms in total. The van der Waals surface area contributed by atoms with E-state index in [1.807, 2.05) is 18.2 Å². The number of ether oxygens (including phenoxy) is 1. The Morgan fingerprint density at radius 2 is 2.14 bits per heavy atom. The minimum Gasteiger partial charge on any atom is -0.497 e. The lowest BCUT2D eigenvalue weighted by Gasteiger charge is -2.16. The monoisotopic (exact) mass is 324 g/mol. The maximum absolute atomic E-state index is 12.3. The molecule has 22 heavy (non-hydrogen) atoms. The van der Waals surface area contributed by atoms with Crippen molar-refractivity contribution < 1.29 is 13.2 Å². The van der Waals surface area contributed by atoms with Crippen LogP contribution in [0.25, 0.3) is 0 Å². The molecule has 0 amide bonds. The molecule has 1 atom stereocenters. The summed E-state index contributed by atoms with van der Waals surface area (Å²) in [7, 11) is -1.73. The second kappa shape index (κ2) is 6.56. The Morgan fingerprint density at radius 3 is 2.86 bits per heavy atom. The summed E-state index contributed by atoms with van der Waals surface area (Å²) in [6, 6.07) is 7.27. The van der Waals surface area contributed by atoms with Crippen LogP contribution in [0.4, 0.5) is 0 Å². The first-order valence-electron chi connectivity index (χ1n) is 7.89. The molecule has 3 rings (SSSR count). The highest BCUT2D eigenvalue weighted by Gasteiger charge is 2.30. The van der Waals surface area contributed by atoms with Gasteiger partial charge in [-0.1, -0.05) is 12.1 Å². The lowest BCUT2D eigenvalue weighted by Crippen LogP contribution is -2.38. The fraction of sp³-hybridized carbons (Fsp3) is 0.625. The van der Waals surface area contributed by atoms with Gasteiger partial charge < -0.3 is 9.64 Å². The molecule has 1 heterocycles. The van der Waals surface area contributed by atoms with Crippen LogP contribution in [0.5, 0.6) is 5.75 Å². The van der Waals surface area contributed by atoms with Crippen molar-refractivity contribution in [2.24, 2.45) is 5.92 Å². The number of rotatable bonds is 7. The zero-order chi connectivity index (χ0) is 15.6. The average molecular weight is 324 g/mol. The van der Waals surface area contributed by atoms with Crippen molar-refractivity contribution in [3.63, 3.8) is 0 Å². The van der Waals surface area contributed by atoms with E-state index in [9.17, 15) is 8.42 Å². The Balaban J connectivity index is 1.54. The van der Waals surface area contributed by atoms with Gasteiger partial charge in [-0.25, -0.2) is 13.1 Å². The summed E-state index contributed by atoms with van der Waals surface area (Å²) >= 11 is 0. The van der Waals surface area contributed by atoms with Gasteiger partial charge in [0, 0.05) is 19.1 Å². The normalized spacial score (nSPS) is 22.9. The molecule has 122 valence electrons. The summed E-state index contributed by atoms with van der Waals surface area (Å²) in [5.74, 6) is 1.54. The molecule has 1 aliphatic heterocycles. The van der Waals surface area contributed by atoms with Crippen LogP contribution >= 0.6 is 0 Å². The van der Waals surface area contributed by atoms with Gasteiger partial charge in [-0.2, -0.15) is 0 Å². The van der Waals surface area contributed by atoms with Gasteiger partial charge in [0.15, 0.2) is 0 Å². The fourth-order valence-corrected chi connectivity index (χ4v) is 4.44. The lowest BCUT2D eigenvalue weighted by molar-refractivity contribution is 0.318. The molecule has 0 bridgehead atoms.